The van der Waals surface area contributed by atoms with Crippen molar-refractivity contribution in [1.82, 2.24) is 30.0 Å². The molecule has 0 amide bonds. The van der Waals surface area contributed by atoms with Gasteiger partial charge in [-0.15, -0.1) is 0 Å². The molecular formula is C16H18N6. The fourth-order valence-corrected chi connectivity index (χ4v) is 2.89. The van der Waals surface area contributed by atoms with Gasteiger partial charge in [0.1, 0.15) is 0 Å². The van der Waals surface area contributed by atoms with Gasteiger partial charge in [0.05, 0.1) is 18.4 Å². The second kappa shape index (κ2) is 5.82. The summed E-state index contributed by atoms with van der Waals surface area (Å²) in [6.07, 6.45) is 5.46. The maximum atomic E-state index is 4.57. The van der Waals surface area contributed by atoms with E-state index in [1.165, 1.54) is 0 Å². The smallest absolute Gasteiger partial charge is 0.159 e. The Balaban J connectivity index is 1.70. The van der Waals surface area contributed by atoms with Crippen LogP contribution in [0.5, 0.6) is 0 Å². The molecule has 22 heavy (non-hydrogen) atoms. The minimum absolute atomic E-state index is 0.745. The average Bonchev–Trinajstić information content (AvgIpc) is 3.00. The molecule has 0 saturated carbocycles. The van der Waals surface area contributed by atoms with E-state index in [2.05, 4.69) is 42.1 Å². The number of nitrogens with zero attached hydrogens (tertiary/aromatic N) is 5. The Bertz CT molecular complexity index is 761. The molecule has 6 nitrogen and oxygen atoms in total. The zero-order valence-corrected chi connectivity index (χ0v) is 12.3. The molecule has 1 aliphatic heterocycles. The summed E-state index contributed by atoms with van der Waals surface area (Å²) in [5.74, 6) is 0.745. The number of hydrogen-bond acceptors (Lipinski definition) is 5. The lowest BCUT2D eigenvalue weighted by atomic mass is 10.1. The fourth-order valence-electron chi connectivity index (χ4n) is 2.89. The van der Waals surface area contributed by atoms with Crippen LogP contribution >= 0.6 is 0 Å². The summed E-state index contributed by atoms with van der Waals surface area (Å²) in [5, 5.41) is 9.05. The normalized spacial score (nSPS) is 16.2. The molecule has 1 N–H and O–H groups in total. The molecule has 0 bridgehead atoms. The third-order valence-electron chi connectivity index (χ3n) is 4.04. The van der Waals surface area contributed by atoms with Crippen LogP contribution in [-0.4, -0.2) is 50.8 Å². The highest BCUT2D eigenvalue weighted by atomic mass is 15.4. The Morgan fingerprint density at radius 1 is 1.05 bits per heavy atom. The van der Waals surface area contributed by atoms with Crippen LogP contribution in [0.3, 0.4) is 0 Å². The van der Waals surface area contributed by atoms with Gasteiger partial charge in [0, 0.05) is 49.5 Å². The van der Waals surface area contributed by atoms with Crippen molar-refractivity contribution < 1.29 is 0 Å². The molecule has 4 rings (SSSR count). The van der Waals surface area contributed by atoms with Gasteiger partial charge in [-0.2, -0.15) is 5.10 Å². The lowest BCUT2D eigenvalue weighted by Crippen LogP contribution is -2.44. The van der Waals surface area contributed by atoms with Crippen LogP contribution in [-0.2, 0) is 6.67 Å². The van der Waals surface area contributed by atoms with Crippen molar-refractivity contribution in [3.63, 3.8) is 0 Å². The minimum Gasteiger partial charge on any atom is -0.314 e. The Morgan fingerprint density at radius 2 is 1.86 bits per heavy atom. The Labute approximate surface area is 128 Å². The Hall–Kier alpha value is -2.31. The summed E-state index contributed by atoms with van der Waals surface area (Å²) in [4.78, 5) is 11.1. The van der Waals surface area contributed by atoms with Crippen molar-refractivity contribution in [1.29, 1.82) is 0 Å². The first-order chi connectivity index (χ1) is 10.9. The molecule has 0 radical (unpaired) electrons. The number of aromatic nitrogens is 4. The highest BCUT2D eigenvalue weighted by Gasteiger charge is 2.14. The van der Waals surface area contributed by atoms with Crippen molar-refractivity contribution in [2.45, 2.75) is 6.67 Å². The molecule has 0 aliphatic carbocycles. The SMILES string of the molecule is c1cnc(-c2cccc3c2cnn3CN2CCNCC2)nc1. The third-order valence-corrected chi connectivity index (χ3v) is 4.04. The van der Waals surface area contributed by atoms with Crippen LogP contribution in [0.1, 0.15) is 0 Å². The molecule has 3 heterocycles. The van der Waals surface area contributed by atoms with E-state index in [0.29, 0.717) is 0 Å². The summed E-state index contributed by atoms with van der Waals surface area (Å²) in [7, 11) is 0. The van der Waals surface area contributed by atoms with E-state index in [1.54, 1.807) is 12.4 Å². The summed E-state index contributed by atoms with van der Waals surface area (Å²) in [6.45, 7) is 5.03. The lowest BCUT2D eigenvalue weighted by molar-refractivity contribution is 0.187. The molecule has 1 aromatic carbocycles. The first-order valence-electron chi connectivity index (χ1n) is 7.57. The molecule has 6 heteroatoms. The number of hydrogen-bond donors (Lipinski definition) is 1. The standard InChI is InChI=1S/C16H18N6/c1-3-13(16-18-5-2-6-19-16)14-11-20-22(15(14)4-1)12-21-9-7-17-8-10-21/h1-6,11,17H,7-10,12H2. The van der Waals surface area contributed by atoms with Gasteiger partial charge in [0.15, 0.2) is 5.82 Å². The predicted molar refractivity (Wildman–Crippen MR) is 85.2 cm³/mol. The van der Waals surface area contributed by atoms with E-state index in [1.807, 2.05) is 18.3 Å². The molecule has 0 spiro atoms. The highest BCUT2D eigenvalue weighted by molar-refractivity contribution is 5.92. The van der Waals surface area contributed by atoms with E-state index < -0.39 is 0 Å². The molecule has 1 fully saturated rings. The highest BCUT2D eigenvalue weighted by Crippen LogP contribution is 2.25. The fraction of sp³-hybridized carbons (Fsp3) is 0.312. The van der Waals surface area contributed by atoms with Crippen molar-refractivity contribution >= 4 is 10.9 Å². The minimum atomic E-state index is 0.745. The number of piperazine rings is 1. The van der Waals surface area contributed by atoms with Gasteiger partial charge in [0.2, 0.25) is 0 Å². The second-order valence-electron chi connectivity index (χ2n) is 5.46. The van der Waals surface area contributed by atoms with Crippen molar-refractivity contribution in [3.05, 3.63) is 42.9 Å². The van der Waals surface area contributed by atoms with E-state index in [-0.39, 0.29) is 0 Å². The number of rotatable bonds is 3. The van der Waals surface area contributed by atoms with Gasteiger partial charge < -0.3 is 5.32 Å². The van der Waals surface area contributed by atoms with E-state index in [0.717, 1.165) is 55.1 Å². The largest absolute Gasteiger partial charge is 0.314 e. The maximum Gasteiger partial charge on any atom is 0.159 e. The zero-order chi connectivity index (χ0) is 14.8. The summed E-state index contributed by atoms with van der Waals surface area (Å²) in [5.41, 5.74) is 2.16. The van der Waals surface area contributed by atoms with Gasteiger partial charge in [-0.3, -0.25) is 9.58 Å². The summed E-state index contributed by atoms with van der Waals surface area (Å²) < 4.78 is 2.06. The molecule has 2 aromatic heterocycles. The van der Waals surface area contributed by atoms with E-state index >= 15 is 0 Å². The molecule has 1 saturated heterocycles. The molecule has 112 valence electrons. The summed E-state index contributed by atoms with van der Waals surface area (Å²) >= 11 is 0. The second-order valence-corrected chi connectivity index (χ2v) is 5.46. The summed E-state index contributed by atoms with van der Waals surface area (Å²) in [6, 6.07) is 8.03. The van der Waals surface area contributed by atoms with Crippen LogP contribution in [0.2, 0.25) is 0 Å². The van der Waals surface area contributed by atoms with Crippen LogP contribution in [0, 0.1) is 0 Å². The van der Waals surface area contributed by atoms with Gasteiger partial charge >= 0.3 is 0 Å². The molecule has 3 aromatic rings. The number of fused-ring (bicyclic) bond motifs is 1. The lowest BCUT2D eigenvalue weighted by Gasteiger charge is -2.27. The van der Waals surface area contributed by atoms with Gasteiger partial charge in [-0.1, -0.05) is 12.1 Å². The predicted octanol–water partition coefficient (Wildman–Crippen LogP) is 1.36. The van der Waals surface area contributed by atoms with Gasteiger partial charge in [-0.25, -0.2) is 9.97 Å². The Morgan fingerprint density at radius 3 is 2.68 bits per heavy atom. The van der Waals surface area contributed by atoms with Crippen molar-refractivity contribution in [3.8, 4) is 11.4 Å². The first-order valence-corrected chi connectivity index (χ1v) is 7.57. The zero-order valence-electron chi connectivity index (χ0n) is 12.3. The molecule has 0 atom stereocenters. The van der Waals surface area contributed by atoms with Gasteiger partial charge in [0.25, 0.3) is 0 Å². The molecule has 1 aliphatic rings. The number of benzene rings is 1. The average molecular weight is 294 g/mol. The monoisotopic (exact) mass is 294 g/mol. The number of nitrogens with one attached hydrogen (secondary N) is 1. The quantitative estimate of drug-likeness (QED) is 0.790. The van der Waals surface area contributed by atoms with Gasteiger partial charge in [-0.05, 0) is 12.1 Å². The first kappa shape index (κ1) is 13.4. The topological polar surface area (TPSA) is 58.9 Å². The Kier molecular flexibility index (Phi) is 3.54. The maximum absolute atomic E-state index is 4.57. The van der Waals surface area contributed by atoms with Crippen molar-refractivity contribution in [2.75, 3.05) is 26.2 Å². The van der Waals surface area contributed by atoms with E-state index in [9.17, 15) is 0 Å². The molecule has 0 unspecified atom stereocenters. The molecular weight excluding hydrogens is 276 g/mol. The van der Waals surface area contributed by atoms with Crippen LogP contribution in [0.4, 0.5) is 0 Å². The van der Waals surface area contributed by atoms with Crippen LogP contribution in [0.25, 0.3) is 22.3 Å². The van der Waals surface area contributed by atoms with Crippen molar-refractivity contribution in [2.24, 2.45) is 0 Å². The third kappa shape index (κ3) is 2.47. The van der Waals surface area contributed by atoms with Crippen LogP contribution in [0.15, 0.2) is 42.9 Å². The van der Waals surface area contributed by atoms with E-state index in [4.69, 9.17) is 0 Å². The van der Waals surface area contributed by atoms with Crippen LogP contribution < -0.4 is 5.32 Å².